The Balaban J connectivity index is 1.59. The SMILES string of the molecule is Cc1ccc(C)c(S(=O)(=O)N2CCN(C(=O)CN3C[C@@H](C)C[C@H](C)C3)CC2)c1. The number of piperazine rings is 1. The molecular weight excluding hydrogens is 374 g/mol. The van der Waals surface area contributed by atoms with Crippen molar-refractivity contribution < 1.29 is 13.2 Å². The molecule has 0 saturated carbocycles. The third kappa shape index (κ3) is 4.75. The van der Waals surface area contributed by atoms with Crippen LogP contribution in [0.25, 0.3) is 0 Å². The van der Waals surface area contributed by atoms with Gasteiger partial charge in [-0.05, 0) is 49.3 Å². The van der Waals surface area contributed by atoms with Gasteiger partial charge >= 0.3 is 0 Å². The van der Waals surface area contributed by atoms with Crippen LogP contribution in [0.1, 0.15) is 31.4 Å². The van der Waals surface area contributed by atoms with Crippen LogP contribution in [0.4, 0.5) is 0 Å². The molecule has 0 spiro atoms. The molecule has 2 atom stereocenters. The van der Waals surface area contributed by atoms with Gasteiger partial charge < -0.3 is 4.90 Å². The van der Waals surface area contributed by atoms with E-state index in [2.05, 4.69) is 18.7 Å². The fourth-order valence-electron chi connectivity index (χ4n) is 4.51. The van der Waals surface area contributed by atoms with Crippen molar-refractivity contribution in [1.82, 2.24) is 14.1 Å². The van der Waals surface area contributed by atoms with Crippen LogP contribution in [0.3, 0.4) is 0 Å². The van der Waals surface area contributed by atoms with Crippen molar-refractivity contribution in [3.05, 3.63) is 29.3 Å². The summed E-state index contributed by atoms with van der Waals surface area (Å²) in [5.41, 5.74) is 1.69. The maximum atomic E-state index is 13.0. The van der Waals surface area contributed by atoms with E-state index in [0.717, 1.165) is 24.2 Å². The van der Waals surface area contributed by atoms with Crippen LogP contribution in [0, 0.1) is 25.7 Å². The third-order valence-corrected chi connectivity index (χ3v) is 7.90. The van der Waals surface area contributed by atoms with Crippen molar-refractivity contribution in [3.63, 3.8) is 0 Å². The molecule has 7 heteroatoms. The van der Waals surface area contributed by atoms with Crippen molar-refractivity contribution in [2.24, 2.45) is 11.8 Å². The lowest BCUT2D eigenvalue weighted by molar-refractivity contribution is -0.134. The highest BCUT2D eigenvalue weighted by molar-refractivity contribution is 7.89. The highest BCUT2D eigenvalue weighted by atomic mass is 32.2. The van der Waals surface area contributed by atoms with E-state index in [-0.39, 0.29) is 5.91 Å². The summed E-state index contributed by atoms with van der Waals surface area (Å²) in [7, 11) is -3.52. The zero-order chi connectivity index (χ0) is 20.5. The van der Waals surface area contributed by atoms with Crippen molar-refractivity contribution in [1.29, 1.82) is 0 Å². The number of nitrogens with zero attached hydrogens (tertiary/aromatic N) is 3. The Morgan fingerprint density at radius 3 is 2.25 bits per heavy atom. The monoisotopic (exact) mass is 407 g/mol. The zero-order valence-corrected chi connectivity index (χ0v) is 18.3. The lowest BCUT2D eigenvalue weighted by atomic mass is 9.92. The summed E-state index contributed by atoms with van der Waals surface area (Å²) in [5, 5.41) is 0. The average Bonchev–Trinajstić information content (AvgIpc) is 2.63. The predicted octanol–water partition coefficient (Wildman–Crippen LogP) is 2.11. The molecular formula is C21H33N3O3S. The van der Waals surface area contributed by atoms with Gasteiger partial charge in [-0.15, -0.1) is 0 Å². The van der Waals surface area contributed by atoms with Gasteiger partial charge in [-0.25, -0.2) is 8.42 Å². The molecule has 1 aromatic carbocycles. The Morgan fingerprint density at radius 2 is 1.64 bits per heavy atom. The normalized spacial score (nSPS) is 25.1. The highest BCUT2D eigenvalue weighted by Gasteiger charge is 2.32. The maximum absolute atomic E-state index is 13.0. The van der Waals surface area contributed by atoms with E-state index in [1.807, 2.05) is 30.9 Å². The third-order valence-electron chi connectivity index (χ3n) is 5.86. The molecule has 2 heterocycles. The molecule has 2 aliphatic rings. The topological polar surface area (TPSA) is 60.9 Å². The number of rotatable bonds is 4. The van der Waals surface area contributed by atoms with Crippen molar-refractivity contribution in [2.45, 2.75) is 39.0 Å². The first-order valence-corrected chi connectivity index (χ1v) is 11.7. The average molecular weight is 408 g/mol. The number of benzene rings is 1. The van der Waals surface area contributed by atoms with Gasteiger partial charge in [-0.3, -0.25) is 9.69 Å². The first-order chi connectivity index (χ1) is 13.2. The van der Waals surface area contributed by atoms with Crippen molar-refractivity contribution in [2.75, 3.05) is 45.8 Å². The quantitative estimate of drug-likeness (QED) is 0.767. The zero-order valence-electron chi connectivity index (χ0n) is 17.5. The largest absolute Gasteiger partial charge is 0.339 e. The number of amides is 1. The number of carbonyl (C=O) groups is 1. The lowest BCUT2D eigenvalue weighted by Crippen LogP contribution is -2.53. The number of carbonyl (C=O) groups excluding carboxylic acids is 1. The highest BCUT2D eigenvalue weighted by Crippen LogP contribution is 2.23. The Hall–Kier alpha value is -1.44. The summed E-state index contributed by atoms with van der Waals surface area (Å²) >= 11 is 0. The second-order valence-electron chi connectivity index (χ2n) is 8.69. The van der Waals surface area contributed by atoms with Gasteiger partial charge in [0.25, 0.3) is 0 Å². The molecule has 0 bridgehead atoms. The predicted molar refractivity (Wildman–Crippen MR) is 111 cm³/mol. The Morgan fingerprint density at radius 1 is 1.04 bits per heavy atom. The van der Waals surface area contributed by atoms with Crippen LogP contribution in [-0.2, 0) is 14.8 Å². The molecule has 6 nitrogen and oxygen atoms in total. The van der Waals surface area contributed by atoms with E-state index in [0.29, 0.717) is 49.5 Å². The number of aryl methyl sites for hydroxylation is 2. The van der Waals surface area contributed by atoms with Crippen LogP contribution < -0.4 is 0 Å². The molecule has 0 aliphatic carbocycles. The summed E-state index contributed by atoms with van der Waals surface area (Å²) < 4.78 is 27.6. The summed E-state index contributed by atoms with van der Waals surface area (Å²) in [6.45, 7) is 12.2. The van der Waals surface area contributed by atoms with Crippen LogP contribution in [0.2, 0.25) is 0 Å². The van der Waals surface area contributed by atoms with E-state index >= 15 is 0 Å². The molecule has 2 saturated heterocycles. The Bertz CT molecular complexity index is 806. The fraction of sp³-hybridized carbons (Fsp3) is 0.667. The molecule has 0 radical (unpaired) electrons. The van der Waals surface area contributed by atoms with Crippen LogP contribution in [-0.4, -0.2) is 74.2 Å². The van der Waals surface area contributed by atoms with E-state index in [4.69, 9.17) is 0 Å². The summed E-state index contributed by atoms with van der Waals surface area (Å²) in [4.78, 5) is 17.2. The van der Waals surface area contributed by atoms with Crippen molar-refractivity contribution >= 4 is 15.9 Å². The standard InChI is InChI=1S/C21H33N3O3S/c1-16-5-6-19(4)20(12-16)28(26,27)24-9-7-23(8-10-24)21(25)15-22-13-17(2)11-18(3)14-22/h5-6,12,17-18H,7-11,13-15H2,1-4H3/t17-,18-/m0/s1. The van der Waals surface area contributed by atoms with E-state index in [1.165, 1.54) is 10.7 Å². The molecule has 0 unspecified atom stereocenters. The minimum atomic E-state index is -3.52. The summed E-state index contributed by atoms with van der Waals surface area (Å²) in [6, 6.07) is 5.51. The summed E-state index contributed by atoms with van der Waals surface area (Å²) in [5.74, 6) is 1.36. The Labute approximate surface area is 169 Å². The van der Waals surface area contributed by atoms with E-state index < -0.39 is 10.0 Å². The van der Waals surface area contributed by atoms with Gasteiger partial charge in [0.15, 0.2) is 0 Å². The number of likely N-dealkylation sites (tertiary alicyclic amines) is 1. The molecule has 1 aromatic rings. The molecule has 2 fully saturated rings. The van der Waals surface area contributed by atoms with Gasteiger partial charge in [-0.2, -0.15) is 4.31 Å². The number of sulfonamides is 1. The molecule has 0 N–H and O–H groups in total. The van der Waals surface area contributed by atoms with Gasteiger partial charge in [0, 0.05) is 39.3 Å². The summed E-state index contributed by atoms with van der Waals surface area (Å²) in [6.07, 6.45) is 1.22. The molecule has 2 aliphatic heterocycles. The molecule has 3 rings (SSSR count). The minimum Gasteiger partial charge on any atom is -0.339 e. The Kier molecular flexibility index (Phi) is 6.47. The van der Waals surface area contributed by atoms with Crippen LogP contribution >= 0.6 is 0 Å². The van der Waals surface area contributed by atoms with Gasteiger partial charge in [-0.1, -0.05) is 26.0 Å². The smallest absolute Gasteiger partial charge is 0.243 e. The first kappa shape index (κ1) is 21.3. The minimum absolute atomic E-state index is 0.116. The van der Waals surface area contributed by atoms with Crippen molar-refractivity contribution in [3.8, 4) is 0 Å². The lowest BCUT2D eigenvalue weighted by Gasteiger charge is -2.38. The van der Waals surface area contributed by atoms with Gasteiger partial charge in [0.05, 0.1) is 11.4 Å². The fourth-order valence-corrected chi connectivity index (χ4v) is 6.25. The van der Waals surface area contributed by atoms with Crippen LogP contribution in [0.5, 0.6) is 0 Å². The number of piperidine rings is 1. The maximum Gasteiger partial charge on any atom is 0.243 e. The molecule has 156 valence electrons. The molecule has 28 heavy (non-hydrogen) atoms. The van der Waals surface area contributed by atoms with E-state index in [9.17, 15) is 13.2 Å². The second-order valence-corrected chi connectivity index (χ2v) is 10.6. The number of hydrogen-bond donors (Lipinski definition) is 0. The molecule has 1 amide bonds. The number of hydrogen-bond acceptors (Lipinski definition) is 4. The van der Waals surface area contributed by atoms with Crippen LogP contribution in [0.15, 0.2) is 23.1 Å². The first-order valence-electron chi connectivity index (χ1n) is 10.2. The molecule has 0 aromatic heterocycles. The van der Waals surface area contributed by atoms with Gasteiger partial charge in [0.1, 0.15) is 0 Å². The van der Waals surface area contributed by atoms with E-state index in [1.54, 1.807) is 6.07 Å². The second kappa shape index (κ2) is 8.51. The van der Waals surface area contributed by atoms with Gasteiger partial charge in [0.2, 0.25) is 15.9 Å².